The van der Waals surface area contributed by atoms with E-state index >= 15 is 0 Å². The summed E-state index contributed by atoms with van der Waals surface area (Å²) < 4.78 is 0. The minimum atomic E-state index is 0.639. The lowest BCUT2D eigenvalue weighted by Crippen LogP contribution is -2.04. The van der Waals surface area contributed by atoms with Crippen LogP contribution in [0.1, 0.15) is 87.2 Å². The van der Waals surface area contributed by atoms with Gasteiger partial charge in [-0.1, -0.05) is 148 Å². The fourth-order valence-corrected chi connectivity index (χ4v) is 8.76. The number of hydrogen-bond donors (Lipinski definition) is 0. The molecule has 0 aliphatic heterocycles. The van der Waals surface area contributed by atoms with Gasteiger partial charge >= 0.3 is 0 Å². The van der Waals surface area contributed by atoms with Crippen molar-refractivity contribution in [2.24, 2.45) is 0 Å². The van der Waals surface area contributed by atoms with Crippen molar-refractivity contribution in [3.63, 3.8) is 0 Å². The van der Waals surface area contributed by atoms with Crippen LogP contribution in [0.15, 0.2) is 133 Å². The Labute approximate surface area is 296 Å². The zero-order valence-electron chi connectivity index (χ0n) is 28.8. The summed E-state index contributed by atoms with van der Waals surface area (Å²) in [7, 11) is 0. The van der Waals surface area contributed by atoms with Crippen molar-refractivity contribution in [1.29, 1.82) is 0 Å². The summed E-state index contributed by atoms with van der Waals surface area (Å²) in [6.45, 7) is 0. The highest BCUT2D eigenvalue weighted by Gasteiger charge is 2.20. The van der Waals surface area contributed by atoms with Crippen LogP contribution in [0.4, 0.5) is 0 Å². The van der Waals surface area contributed by atoms with Gasteiger partial charge < -0.3 is 0 Å². The maximum Gasteiger partial charge on any atom is 0.0978 e. The highest BCUT2D eigenvalue weighted by Crippen LogP contribution is 2.41. The molecule has 0 saturated heterocycles. The topological polar surface area (TPSA) is 25.8 Å². The van der Waals surface area contributed by atoms with Gasteiger partial charge in [0.05, 0.1) is 22.4 Å². The Hall–Kier alpha value is -5.08. The Bertz CT molecular complexity index is 2110. The predicted molar refractivity (Wildman–Crippen MR) is 210 cm³/mol. The number of fused-ring (bicyclic) bond motifs is 3. The molecule has 2 heterocycles. The number of nitrogens with zero attached hydrogens (tertiary/aromatic N) is 2. The minimum absolute atomic E-state index is 0.639. The van der Waals surface area contributed by atoms with Crippen LogP contribution in [-0.2, 0) is 0 Å². The van der Waals surface area contributed by atoms with Gasteiger partial charge in [0, 0.05) is 21.9 Å². The Balaban J connectivity index is 1.29. The van der Waals surface area contributed by atoms with Crippen molar-refractivity contribution in [3.05, 3.63) is 145 Å². The Morgan fingerprint density at radius 3 is 1.18 bits per heavy atom. The van der Waals surface area contributed by atoms with Crippen molar-refractivity contribution in [2.45, 2.75) is 76.0 Å². The monoisotopic (exact) mass is 648 g/mol. The second-order valence-corrected chi connectivity index (χ2v) is 14.6. The molecule has 2 heteroatoms. The third kappa shape index (κ3) is 6.02. The van der Waals surface area contributed by atoms with Crippen LogP contribution >= 0.6 is 0 Å². The first-order valence-corrected chi connectivity index (χ1v) is 18.9. The molecule has 0 spiro atoms. The first kappa shape index (κ1) is 30.9. The Morgan fingerprint density at radius 2 is 0.760 bits per heavy atom. The maximum absolute atomic E-state index is 5.54. The molecule has 0 N–H and O–H groups in total. The second kappa shape index (κ2) is 13.7. The van der Waals surface area contributed by atoms with E-state index < -0.39 is 0 Å². The smallest absolute Gasteiger partial charge is 0.0978 e. The number of benzene rings is 5. The quantitative estimate of drug-likeness (QED) is 0.168. The molecule has 9 rings (SSSR count). The molecule has 2 saturated carbocycles. The van der Waals surface area contributed by atoms with E-state index in [2.05, 4.69) is 133 Å². The molecule has 2 aliphatic carbocycles. The summed E-state index contributed by atoms with van der Waals surface area (Å²) in [5.74, 6) is 1.28. The highest BCUT2D eigenvalue weighted by molar-refractivity contribution is 6.13. The van der Waals surface area contributed by atoms with E-state index in [9.17, 15) is 0 Å². The van der Waals surface area contributed by atoms with E-state index in [1.807, 2.05) is 0 Å². The van der Waals surface area contributed by atoms with Crippen molar-refractivity contribution in [2.75, 3.05) is 0 Å². The second-order valence-electron chi connectivity index (χ2n) is 14.6. The number of pyridine rings is 2. The van der Waals surface area contributed by atoms with Crippen LogP contribution in [0.3, 0.4) is 0 Å². The average molecular weight is 649 g/mol. The zero-order valence-corrected chi connectivity index (χ0v) is 28.8. The first-order valence-electron chi connectivity index (χ1n) is 18.9. The first-order chi connectivity index (χ1) is 24.8. The summed E-state index contributed by atoms with van der Waals surface area (Å²) in [6, 6.07) is 49.2. The Morgan fingerprint density at radius 1 is 0.360 bits per heavy atom. The molecule has 0 atom stereocenters. The number of hydrogen-bond acceptors (Lipinski definition) is 2. The molecule has 50 heavy (non-hydrogen) atoms. The van der Waals surface area contributed by atoms with Crippen LogP contribution in [0.2, 0.25) is 0 Å². The van der Waals surface area contributed by atoms with Crippen LogP contribution in [-0.4, -0.2) is 9.97 Å². The molecule has 246 valence electrons. The normalized spacial score (nSPS) is 15.8. The van der Waals surface area contributed by atoms with Crippen molar-refractivity contribution in [3.8, 4) is 44.8 Å². The number of rotatable bonds is 6. The summed E-state index contributed by atoms with van der Waals surface area (Å²) in [6.07, 6.45) is 13.2. The molecular formula is C48H44N2. The van der Waals surface area contributed by atoms with Crippen LogP contribution < -0.4 is 0 Å². The van der Waals surface area contributed by atoms with E-state index in [4.69, 9.17) is 9.97 Å². The van der Waals surface area contributed by atoms with Crippen molar-refractivity contribution in [1.82, 2.24) is 9.97 Å². The van der Waals surface area contributed by atoms with Crippen LogP contribution in [0, 0.1) is 0 Å². The molecule has 2 nitrogen and oxygen atoms in total. The lowest BCUT2D eigenvalue weighted by Gasteiger charge is -2.22. The third-order valence-corrected chi connectivity index (χ3v) is 11.4. The summed E-state index contributed by atoms with van der Waals surface area (Å²) in [5.41, 5.74) is 14.0. The largest absolute Gasteiger partial charge is 0.245 e. The van der Waals surface area contributed by atoms with Gasteiger partial charge in [-0.05, 0) is 95.2 Å². The summed E-state index contributed by atoms with van der Waals surface area (Å²) in [5, 5.41) is 2.27. The fourth-order valence-electron chi connectivity index (χ4n) is 8.76. The standard InChI is InChI=1S/C48H44N2/c1-5-15-33(16-6-1)37-23-13-25-39(29-37)45-31-43(35-19-9-3-10-20-35)41-27-28-42-44(36-21-11-4-12-22-36)32-46(50-48(42)47(41)49-45)40-26-14-24-38(30-40)34-17-7-2-8-18-34/h3-4,9-14,19-34H,1-2,5-8,15-18H2. The van der Waals surface area contributed by atoms with Gasteiger partial charge in [0.2, 0.25) is 0 Å². The minimum Gasteiger partial charge on any atom is -0.245 e. The third-order valence-electron chi connectivity index (χ3n) is 11.4. The molecule has 2 aromatic heterocycles. The molecule has 5 aromatic carbocycles. The van der Waals surface area contributed by atoms with Crippen LogP contribution in [0.25, 0.3) is 66.6 Å². The molecule has 0 unspecified atom stereocenters. The Kier molecular flexibility index (Phi) is 8.46. The zero-order chi connectivity index (χ0) is 33.3. The molecule has 2 fully saturated rings. The SMILES string of the molecule is c1ccc(-c2cc(-c3cccc(C4CCCCC4)c3)nc3c2ccc2c(-c4ccccc4)cc(-c4cccc(C5CCCCC5)c4)nc23)cc1. The molecule has 2 aliphatic rings. The fraction of sp³-hybridized carbons (Fsp3) is 0.250. The van der Waals surface area contributed by atoms with Gasteiger partial charge in [0.1, 0.15) is 0 Å². The molecular weight excluding hydrogens is 605 g/mol. The van der Waals surface area contributed by atoms with Crippen molar-refractivity contribution >= 4 is 21.8 Å². The molecule has 0 radical (unpaired) electrons. The maximum atomic E-state index is 5.54. The van der Waals surface area contributed by atoms with E-state index in [1.54, 1.807) is 0 Å². The predicted octanol–water partition coefficient (Wildman–Crippen LogP) is 13.5. The molecule has 7 aromatic rings. The summed E-state index contributed by atoms with van der Waals surface area (Å²) >= 11 is 0. The van der Waals surface area contributed by atoms with E-state index in [0.717, 1.165) is 33.2 Å². The van der Waals surface area contributed by atoms with Gasteiger partial charge in [0.15, 0.2) is 0 Å². The van der Waals surface area contributed by atoms with Gasteiger partial charge in [-0.15, -0.1) is 0 Å². The number of aromatic nitrogens is 2. The summed E-state index contributed by atoms with van der Waals surface area (Å²) in [4.78, 5) is 11.1. The molecule has 0 bridgehead atoms. The van der Waals surface area contributed by atoms with Gasteiger partial charge in [-0.3, -0.25) is 0 Å². The average Bonchev–Trinajstić information content (AvgIpc) is 3.21. The molecule has 0 amide bonds. The lowest BCUT2D eigenvalue weighted by molar-refractivity contribution is 0.443. The van der Waals surface area contributed by atoms with E-state index in [1.165, 1.54) is 109 Å². The van der Waals surface area contributed by atoms with Crippen LogP contribution in [0.5, 0.6) is 0 Å². The van der Waals surface area contributed by atoms with Gasteiger partial charge in [0.25, 0.3) is 0 Å². The van der Waals surface area contributed by atoms with Gasteiger partial charge in [-0.25, -0.2) is 9.97 Å². The lowest BCUT2D eigenvalue weighted by atomic mass is 9.83. The van der Waals surface area contributed by atoms with E-state index in [0.29, 0.717) is 11.8 Å². The van der Waals surface area contributed by atoms with Crippen molar-refractivity contribution < 1.29 is 0 Å². The highest BCUT2D eigenvalue weighted by atomic mass is 14.8. The van der Waals surface area contributed by atoms with E-state index in [-0.39, 0.29) is 0 Å². The van der Waals surface area contributed by atoms with Gasteiger partial charge in [-0.2, -0.15) is 0 Å².